The van der Waals surface area contributed by atoms with E-state index in [0.717, 1.165) is 0 Å². The van der Waals surface area contributed by atoms with Crippen molar-refractivity contribution in [3.63, 3.8) is 0 Å². The van der Waals surface area contributed by atoms with Crippen LogP contribution in [-0.2, 0) is 14.3 Å². The maximum Gasteiger partial charge on any atom is 0.325 e. The number of esters is 1. The molecular weight excluding hydrogens is 289 g/mol. The summed E-state index contributed by atoms with van der Waals surface area (Å²) in [7, 11) is 1.23. The zero-order valence-corrected chi connectivity index (χ0v) is 12.3. The predicted molar refractivity (Wildman–Crippen MR) is 77.7 cm³/mol. The van der Waals surface area contributed by atoms with Gasteiger partial charge in [0.15, 0.2) is 0 Å². The second-order valence-electron chi connectivity index (χ2n) is 4.64. The van der Waals surface area contributed by atoms with E-state index in [9.17, 15) is 14.0 Å². The van der Waals surface area contributed by atoms with Gasteiger partial charge in [0.05, 0.1) is 7.11 Å². The number of aromatic nitrogens is 2. The quantitative estimate of drug-likeness (QED) is 0.790. The van der Waals surface area contributed by atoms with Crippen LogP contribution in [0.5, 0.6) is 0 Å². The maximum atomic E-state index is 13.4. The first-order valence-electron chi connectivity index (χ1n) is 6.66. The maximum absolute atomic E-state index is 13.4. The Kier molecular flexibility index (Phi) is 4.88. The second kappa shape index (κ2) is 6.84. The molecule has 1 heterocycles. The number of nitrogens with zero attached hydrogens (tertiary/aromatic N) is 3. The SMILES string of the molecule is COC(=O)CN(C(=O)[C@H](C)n1cccn1)c1cccc(F)c1. The molecule has 22 heavy (non-hydrogen) atoms. The highest BCUT2D eigenvalue weighted by Gasteiger charge is 2.26. The van der Waals surface area contributed by atoms with Gasteiger partial charge in [-0.3, -0.25) is 19.2 Å². The zero-order valence-electron chi connectivity index (χ0n) is 12.3. The van der Waals surface area contributed by atoms with Crippen molar-refractivity contribution in [1.29, 1.82) is 0 Å². The van der Waals surface area contributed by atoms with Crippen LogP contribution in [0.1, 0.15) is 13.0 Å². The van der Waals surface area contributed by atoms with Gasteiger partial charge in [-0.15, -0.1) is 0 Å². The molecular formula is C15H16FN3O3. The highest BCUT2D eigenvalue weighted by molar-refractivity contribution is 5.99. The number of anilines is 1. The van der Waals surface area contributed by atoms with Gasteiger partial charge in [-0.2, -0.15) is 5.10 Å². The lowest BCUT2D eigenvalue weighted by Crippen LogP contribution is -2.40. The summed E-state index contributed by atoms with van der Waals surface area (Å²) in [6.45, 7) is 1.35. The fraction of sp³-hybridized carbons (Fsp3) is 0.267. The normalized spacial score (nSPS) is 11.8. The van der Waals surface area contributed by atoms with E-state index in [1.54, 1.807) is 31.5 Å². The van der Waals surface area contributed by atoms with Gasteiger partial charge < -0.3 is 4.74 Å². The highest BCUT2D eigenvalue weighted by Crippen LogP contribution is 2.19. The average molecular weight is 305 g/mol. The van der Waals surface area contributed by atoms with Gasteiger partial charge in [-0.25, -0.2) is 4.39 Å². The third-order valence-electron chi connectivity index (χ3n) is 3.18. The molecule has 0 aliphatic heterocycles. The van der Waals surface area contributed by atoms with Crippen LogP contribution in [-0.4, -0.2) is 35.3 Å². The molecule has 1 aromatic heterocycles. The summed E-state index contributed by atoms with van der Waals surface area (Å²) in [4.78, 5) is 25.4. The van der Waals surface area contributed by atoms with E-state index in [0.29, 0.717) is 0 Å². The molecule has 0 spiro atoms. The van der Waals surface area contributed by atoms with Crippen molar-refractivity contribution in [2.24, 2.45) is 0 Å². The van der Waals surface area contributed by atoms with Crippen LogP contribution < -0.4 is 4.90 Å². The van der Waals surface area contributed by atoms with Crippen molar-refractivity contribution >= 4 is 17.6 Å². The lowest BCUT2D eigenvalue weighted by Gasteiger charge is -2.25. The number of benzene rings is 1. The minimum Gasteiger partial charge on any atom is -0.468 e. The van der Waals surface area contributed by atoms with E-state index in [1.165, 1.54) is 34.9 Å². The van der Waals surface area contributed by atoms with Gasteiger partial charge in [0.25, 0.3) is 5.91 Å². The molecule has 7 heteroatoms. The van der Waals surface area contributed by atoms with Crippen LogP contribution in [0.25, 0.3) is 0 Å². The lowest BCUT2D eigenvalue weighted by molar-refractivity contribution is -0.140. The van der Waals surface area contributed by atoms with Crippen molar-refractivity contribution < 1.29 is 18.7 Å². The Morgan fingerprint density at radius 3 is 2.77 bits per heavy atom. The number of methoxy groups -OCH3 is 1. The summed E-state index contributed by atoms with van der Waals surface area (Å²) in [5, 5.41) is 4.01. The Morgan fingerprint density at radius 2 is 2.18 bits per heavy atom. The lowest BCUT2D eigenvalue weighted by atomic mass is 10.2. The molecule has 0 saturated heterocycles. The van der Waals surface area contributed by atoms with E-state index < -0.39 is 17.8 Å². The first kappa shape index (κ1) is 15.7. The Balaban J connectivity index is 2.31. The molecule has 0 aliphatic carbocycles. The minimum atomic E-state index is -0.636. The molecule has 0 N–H and O–H groups in total. The fourth-order valence-electron chi connectivity index (χ4n) is 1.98. The zero-order chi connectivity index (χ0) is 16.1. The first-order valence-corrected chi connectivity index (χ1v) is 6.66. The average Bonchev–Trinajstić information content (AvgIpc) is 3.05. The Bertz CT molecular complexity index is 658. The van der Waals surface area contributed by atoms with E-state index in [2.05, 4.69) is 9.84 Å². The minimum absolute atomic E-state index is 0.286. The van der Waals surface area contributed by atoms with Gasteiger partial charge in [-0.05, 0) is 31.2 Å². The Hall–Kier alpha value is -2.70. The van der Waals surface area contributed by atoms with Crippen molar-refractivity contribution in [2.75, 3.05) is 18.6 Å². The topological polar surface area (TPSA) is 64.4 Å². The molecule has 0 fully saturated rings. The highest BCUT2D eigenvalue weighted by atomic mass is 19.1. The van der Waals surface area contributed by atoms with Crippen molar-refractivity contribution in [1.82, 2.24) is 9.78 Å². The molecule has 2 aromatic rings. The second-order valence-corrected chi connectivity index (χ2v) is 4.64. The molecule has 1 atom stereocenters. The van der Waals surface area contributed by atoms with Crippen LogP contribution in [0.15, 0.2) is 42.7 Å². The third-order valence-corrected chi connectivity index (χ3v) is 3.18. The number of ether oxygens (including phenoxy) is 1. The van der Waals surface area contributed by atoms with Gasteiger partial charge >= 0.3 is 5.97 Å². The van der Waals surface area contributed by atoms with Crippen LogP contribution in [0.4, 0.5) is 10.1 Å². The molecule has 2 rings (SSSR count). The van der Waals surface area contributed by atoms with Gasteiger partial charge in [0, 0.05) is 18.1 Å². The van der Waals surface area contributed by atoms with Gasteiger partial charge in [0.1, 0.15) is 18.4 Å². The fourth-order valence-corrected chi connectivity index (χ4v) is 1.98. The number of halogens is 1. The summed E-state index contributed by atoms with van der Waals surface area (Å²) < 4.78 is 19.5. The molecule has 116 valence electrons. The molecule has 0 unspecified atom stereocenters. The summed E-state index contributed by atoms with van der Waals surface area (Å²) in [5.74, 6) is -1.48. The Morgan fingerprint density at radius 1 is 1.41 bits per heavy atom. The molecule has 0 saturated carbocycles. The smallest absolute Gasteiger partial charge is 0.325 e. The van der Waals surface area contributed by atoms with Crippen molar-refractivity contribution in [2.45, 2.75) is 13.0 Å². The monoisotopic (exact) mass is 305 g/mol. The number of carbonyl (C=O) groups excluding carboxylic acids is 2. The largest absolute Gasteiger partial charge is 0.468 e. The number of hydrogen-bond donors (Lipinski definition) is 0. The number of rotatable bonds is 5. The van der Waals surface area contributed by atoms with Crippen molar-refractivity contribution in [3.05, 3.63) is 48.5 Å². The van der Waals surface area contributed by atoms with Gasteiger partial charge in [0.2, 0.25) is 0 Å². The summed E-state index contributed by atoms with van der Waals surface area (Å²) >= 11 is 0. The van der Waals surface area contributed by atoms with Crippen LogP contribution in [0.3, 0.4) is 0 Å². The Labute approximate surface area is 127 Å². The number of carbonyl (C=O) groups is 2. The van der Waals surface area contributed by atoms with E-state index in [1.807, 2.05) is 0 Å². The molecule has 0 radical (unpaired) electrons. The summed E-state index contributed by atoms with van der Waals surface area (Å²) in [6.07, 6.45) is 3.20. The van der Waals surface area contributed by atoms with Gasteiger partial charge in [-0.1, -0.05) is 6.07 Å². The molecule has 0 aliphatic rings. The standard InChI is InChI=1S/C15H16FN3O3/c1-11(19-8-4-7-17-19)15(21)18(10-14(20)22-2)13-6-3-5-12(16)9-13/h3-9,11H,10H2,1-2H3/t11-/m0/s1. The van der Waals surface area contributed by atoms with Crippen LogP contribution in [0.2, 0.25) is 0 Å². The molecule has 1 amide bonds. The molecule has 0 bridgehead atoms. The van der Waals surface area contributed by atoms with Crippen LogP contribution in [0, 0.1) is 5.82 Å². The first-order chi connectivity index (χ1) is 10.5. The predicted octanol–water partition coefficient (Wildman–Crippen LogP) is 1.79. The van der Waals surface area contributed by atoms with Crippen molar-refractivity contribution in [3.8, 4) is 0 Å². The van der Waals surface area contributed by atoms with E-state index in [4.69, 9.17) is 0 Å². The van der Waals surface area contributed by atoms with Crippen LogP contribution >= 0.6 is 0 Å². The number of amides is 1. The van der Waals surface area contributed by atoms with E-state index in [-0.39, 0.29) is 18.1 Å². The molecule has 6 nitrogen and oxygen atoms in total. The number of hydrogen-bond acceptors (Lipinski definition) is 4. The van der Waals surface area contributed by atoms with E-state index >= 15 is 0 Å². The summed E-state index contributed by atoms with van der Waals surface area (Å²) in [6, 6.07) is 6.54. The third kappa shape index (κ3) is 3.49. The summed E-state index contributed by atoms with van der Waals surface area (Å²) in [5.41, 5.74) is 0.286. The molecule has 1 aromatic carbocycles.